The van der Waals surface area contributed by atoms with Crippen molar-refractivity contribution >= 4 is 29.7 Å². The number of amides is 3. The van der Waals surface area contributed by atoms with E-state index in [1.165, 1.54) is 28.6 Å². The summed E-state index contributed by atoms with van der Waals surface area (Å²) in [5.41, 5.74) is 0. The summed E-state index contributed by atoms with van der Waals surface area (Å²) < 4.78 is 0. The topological polar surface area (TPSA) is 90.0 Å². The summed E-state index contributed by atoms with van der Waals surface area (Å²) >= 11 is 1.52. The zero-order valence-corrected chi connectivity index (χ0v) is 12.6. The third-order valence-corrected chi connectivity index (χ3v) is 4.06. The molecule has 8 heteroatoms. The SMILES string of the molecule is CCCN(CC(=O)NC)C(=O)N1CCSCC1C(=O)O. The summed E-state index contributed by atoms with van der Waals surface area (Å²) in [5.74, 6) is -0.150. The van der Waals surface area contributed by atoms with Crippen molar-refractivity contribution in [1.29, 1.82) is 0 Å². The van der Waals surface area contributed by atoms with Crippen LogP contribution in [0.1, 0.15) is 13.3 Å². The van der Waals surface area contributed by atoms with Crippen LogP contribution in [0.5, 0.6) is 0 Å². The lowest BCUT2D eigenvalue weighted by molar-refractivity contribution is -0.141. The van der Waals surface area contributed by atoms with Gasteiger partial charge >= 0.3 is 12.0 Å². The van der Waals surface area contributed by atoms with Crippen LogP contribution in [-0.4, -0.2) is 77.0 Å². The number of carboxylic acids is 1. The van der Waals surface area contributed by atoms with Crippen LogP contribution in [0, 0.1) is 0 Å². The Bertz CT molecular complexity index is 378. The molecule has 7 nitrogen and oxygen atoms in total. The van der Waals surface area contributed by atoms with Crippen LogP contribution in [0.25, 0.3) is 0 Å². The van der Waals surface area contributed by atoms with E-state index in [4.69, 9.17) is 0 Å². The number of likely N-dealkylation sites (N-methyl/N-ethyl adjacent to an activating group) is 1. The van der Waals surface area contributed by atoms with Crippen LogP contribution in [-0.2, 0) is 9.59 Å². The number of nitrogens with zero attached hydrogens (tertiary/aromatic N) is 2. The molecule has 0 aromatic carbocycles. The fourth-order valence-electron chi connectivity index (χ4n) is 1.98. The fourth-order valence-corrected chi connectivity index (χ4v) is 3.02. The molecule has 20 heavy (non-hydrogen) atoms. The Hall–Kier alpha value is -1.44. The Labute approximate surface area is 122 Å². The van der Waals surface area contributed by atoms with Gasteiger partial charge < -0.3 is 20.2 Å². The van der Waals surface area contributed by atoms with Crippen molar-refractivity contribution in [1.82, 2.24) is 15.1 Å². The molecular formula is C12H21N3O4S. The van der Waals surface area contributed by atoms with Gasteiger partial charge in [0.15, 0.2) is 0 Å². The van der Waals surface area contributed by atoms with Crippen molar-refractivity contribution < 1.29 is 19.5 Å². The van der Waals surface area contributed by atoms with Crippen molar-refractivity contribution in [2.45, 2.75) is 19.4 Å². The molecule has 2 N–H and O–H groups in total. The number of nitrogens with one attached hydrogen (secondary N) is 1. The first-order valence-corrected chi connectivity index (χ1v) is 7.73. The Morgan fingerprint density at radius 2 is 2.15 bits per heavy atom. The van der Waals surface area contributed by atoms with Crippen LogP contribution in [0.4, 0.5) is 4.79 Å². The number of rotatable bonds is 5. The van der Waals surface area contributed by atoms with Gasteiger partial charge in [-0.2, -0.15) is 11.8 Å². The highest BCUT2D eigenvalue weighted by atomic mass is 32.2. The van der Waals surface area contributed by atoms with Crippen molar-refractivity contribution in [3.63, 3.8) is 0 Å². The second kappa shape index (κ2) is 7.98. The summed E-state index contributed by atoms with van der Waals surface area (Å²) in [6.45, 7) is 2.70. The van der Waals surface area contributed by atoms with E-state index in [9.17, 15) is 19.5 Å². The number of carbonyl (C=O) groups is 3. The van der Waals surface area contributed by atoms with Gasteiger partial charge in [0.2, 0.25) is 5.91 Å². The maximum Gasteiger partial charge on any atom is 0.327 e. The zero-order chi connectivity index (χ0) is 15.1. The zero-order valence-electron chi connectivity index (χ0n) is 11.8. The predicted octanol–water partition coefficient (Wildman–Crippen LogP) is 0.0664. The van der Waals surface area contributed by atoms with Gasteiger partial charge in [-0.3, -0.25) is 4.79 Å². The van der Waals surface area contributed by atoms with Gasteiger partial charge in [-0.25, -0.2) is 9.59 Å². The lowest BCUT2D eigenvalue weighted by Gasteiger charge is -2.36. The fraction of sp³-hybridized carbons (Fsp3) is 0.750. The van der Waals surface area contributed by atoms with Crippen LogP contribution in [0.15, 0.2) is 0 Å². The molecule has 0 aliphatic carbocycles. The summed E-state index contributed by atoms with van der Waals surface area (Å²) in [5, 5.41) is 11.7. The summed E-state index contributed by atoms with van der Waals surface area (Å²) in [4.78, 5) is 37.9. The predicted molar refractivity (Wildman–Crippen MR) is 76.8 cm³/mol. The van der Waals surface area contributed by atoms with Gasteiger partial charge in [0.1, 0.15) is 12.6 Å². The van der Waals surface area contributed by atoms with E-state index < -0.39 is 12.0 Å². The van der Waals surface area contributed by atoms with E-state index in [-0.39, 0.29) is 18.5 Å². The minimum absolute atomic E-state index is 0.0425. The standard InChI is InChI=1S/C12H21N3O4S/c1-3-4-14(7-10(16)13-2)12(19)15-5-6-20-8-9(15)11(17)18/h9H,3-8H2,1-2H3,(H,13,16)(H,17,18). The summed E-state index contributed by atoms with van der Waals surface area (Å²) in [6, 6.07) is -1.19. The lowest BCUT2D eigenvalue weighted by Crippen LogP contribution is -2.56. The first kappa shape index (κ1) is 16.6. The van der Waals surface area contributed by atoms with Crippen molar-refractivity contribution in [2.24, 2.45) is 0 Å². The molecule has 1 saturated heterocycles. The molecule has 1 aliphatic heterocycles. The number of hydrogen-bond acceptors (Lipinski definition) is 4. The van der Waals surface area contributed by atoms with Gasteiger partial charge in [-0.05, 0) is 6.42 Å². The molecule has 1 aliphatic rings. The third-order valence-electron chi connectivity index (χ3n) is 3.04. The molecule has 0 aromatic rings. The van der Waals surface area contributed by atoms with E-state index in [1.807, 2.05) is 6.92 Å². The maximum atomic E-state index is 12.5. The number of aliphatic carboxylic acids is 1. The second-order valence-electron chi connectivity index (χ2n) is 4.50. The molecule has 0 aromatic heterocycles. The van der Waals surface area contributed by atoms with E-state index in [0.29, 0.717) is 25.3 Å². The average Bonchev–Trinajstić information content (AvgIpc) is 2.45. The highest BCUT2D eigenvalue weighted by molar-refractivity contribution is 7.99. The Morgan fingerprint density at radius 1 is 1.45 bits per heavy atom. The minimum atomic E-state index is -0.998. The van der Waals surface area contributed by atoms with Gasteiger partial charge in [0.25, 0.3) is 0 Å². The van der Waals surface area contributed by atoms with E-state index in [2.05, 4.69) is 5.32 Å². The first-order valence-electron chi connectivity index (χ1n) is 6.58. The van der Waals surface area contributed by atoms with Crippen molar-refractivity contribution in [3.8, 4) is 0 Å². The number of thioether (sulfide) groups is 1. The highest BCUT2D eigenvalue weighted by Gasteiger charge is 2.34. The number of urea groups is 1. The molecule has 1 atom stereocenters. The third kappa shape index (κ3) is 4.29. The van der Waals surface area contributed by atoms with Crippen LogP contribution in [0.3, 0.4) is 0 Å². The Kier molecular flexibility index (Phi) is 6.63. The maximum absolute atomic E-state index is 12.5. The van der Waals surface area contributed by atoms with Gasteiger partial charge in [-0.15, -0.1) is 0 Å². The van der Waals surface area contributed by atoms with Gasteiger partial charge in [0.05, 0.1) is 0 Å². The monoisotopic (exact) mass is 303 g/mol. The van der Waals surface area contributed by atoms with Crippen LogP contribution >= 0.6 is 11.8 Å². The molecule has 3 amide bonds. The Morgan fingerprint density at radius 3 is 2.70 bits per heavy atom. The Balaban J connectivity index is 2.80. The van der Waals surface area contributed by atoms with Crippen LogP contribution in [0.2, 0.25) is 0 Å². The molecular weight excluding hydrogens is 282 g/mol. The molecule has 114 valence electrons. The molecule has 1 unspecified atom stereocenters. The molecule has 0 bridgehead atoms. The van der Waals surface area contributed by atoms with Crippen LogP contribution < -0.4 is 5.32 Å². The highest BCUT2D eigenvalue weighted by Crippen LogP contribution is 2.18. The lowest BCUT2D eigenvalue weighted by atomic mass is 10.2. The first-order chi connectivity index (χ1) is 9.51. The molecule has 1 heterocycles. The van der Waals surface area contributed by atoms with E-state index >= 15 is 0 Å². The molecule has 0 saturated carbocycles. The normalized spacial score (nSPS) is 18.5. The smallest absolute Gasteiger partial charge is 0.327 e. The number of hydrogen-bond donors (Lipinski definition) is 2. The molecule has 0 radical (unpaired) electrons. The molecule has 1 fully saturated rings. The second-order valence-corrected chi connectivity index (χ2v) is 5.65. The number of carboxylic acid groups (broad SMARTS) is 1. The van der Waals surface area contributed by atoms with Crippen molar-refractivity contribution in [3.05, 3.63) is 0 Å². The number of carbonyl (C=O) groups excluding carboxylic acids is 2. The largest absolute Gasteiger partial charge is 0.480 e. The average molecular weight is 303 g/mol. The minimum Gasteiger partial charge on any atom is -0.480 e. The van der Waals surface area contributed by atoms with Crippen molar-refractivity contribution in [2.75, 3.05) is 38.2 Å². The quantitative estimate of drug-likeness (QED) is 0.750. The molecule has 0 spiro atoms. The molecule has 1 rings (SSSR count). The van der Waals surface area contributed by atoms with E-state index in [1.54, 1.807) is 0 Å². The van der Waals surface area contributed by atoms with Gasteiger partial charge in [0, 0.05) is 31.6 Å². The van der Waals surface area contributed by atoms with E-state index in [0.717, 1.165) is 5.75 Å². The summed E-state index contributed by atoms with van der Waals surface area (Å²) in [6.07, 6.45) is 0.711. The van der Waals surface area contributed by atoms with Gasteiger partial charge in [-0.1, -0.05) is 6.92 Å². The summed E-state index contributed by atoms with van der Waals surface area (Å²) in [7, 11) is 1.51.